The van der Waals surface area contributed by atoms with E-state index in [1.54, 1.807) is 12.0 Å². The maximum Gasteiger partial charge on any atom is 0.417 e. The summed E-state index contributed by atoms with van der Waals surface area (Å²) in [6, 6.07) is 11.6. The van der Waals surface area contributed by atoms with Crippen molar-refractivity contribution in [1.29, 1.82) is 0 Å². The predicted octanol–water partition coefficient (Wildman–Crippen LogP) is 4.24. The first-order valence-electron chi connectivity index (χ1n) is 9.05. The van der Waals surface area contributed by atoms with Gasteiger partial charge in [0.05, 0.1) is 19.2 Å². The van der Waals surface area contributed by atoms with Gasteiger partial charge in [0.2, 0.25) is 5.91 Å². The number of nitrogens with one attached hydrogen (secondary N) is 1. The zero-order valence-corrected chi connectivity index (χ0v) is 17.4. The molecule has 0 aliphatic carbocycles. The van der Waals surface area contributed by atoms with E-state index >= 15 is 0 Å². The molecule has 0 radical (unpaired) electrons. The van der Waals surface area contributed by atoms with Gasteiger partial charge in [-0.1, -0.05) is 15.9 Å². The van der Waals surface area contributed by atoms with E-state index in [1.165, 1.54) is 12.1 Å². The minimum absolute atomic E-state index is 0.0310. The van der Waals surface area contributed by atoms with Crippen molar-refractivity contribution in [3.05, 3.63) is 52.5 Å². The van der Waals surface area contributed by atoms with Crippen LogP contribution < -0.4 is 15.0 Å². The first kappa shape index (κ1) is 21.3. The molecule has 0 bridgehead atoms. The molecule has 9 heteroatoms. The Kier molecular flexibility index (Phi) is 6.56. The molecule has 0 atom stereocenters. The second-order valence-corrected chi connectivity index (χ2v) is 7.47. The molecule has 5 nitrogen and oxygen atoms in total. The minimum Gasteiger partial charge on any atom is -0.497 e. The summed E-state index contributed by atoms with van der Waals surface area (Å²) in [7, 11) is 1.62. The topological polar surface area (TPSA) is 44.8 Å². The van der Waals surface area contributed by atoms with Crippen LogP contribution in [0.4, 0.5) is 24.5 Å². The molecule has 0 spiro atoms. The number of piperazine rings is 1. The Bertz CT molecular complexity index is 851. The van der Waals surface area contributed by atoms with Gasteiger partial charge in [-0.15, -0.1) is 0 Å². The van der Waals surface area contributed by atoms with Crippen molar-refractivity contribution in [3.8, 4) is 5.75 Å². The summed E-state index contributed by atoms with van der Waals surface area (Å²) >= 11 is 2.91. The predicted molar refractivity (Wildman–Crippen MR) is 109 cm³/mol. The van der Waals surface area contributed by atoms with Gasteiger partial charge in [0.1, 0.15) is 5.75 Å². The summed E-state index contributed by atoms with van der Waals surface area (Å²) in [6.45, 7) is 2.44. The lowest BCUT2D eigenvalue weighted by Gasteiger charge is -2.36. The SMILES string of the molecule is COc1ccc(N2CCN(C(=O)CNc3ccc(Br)c(C(F)(F)F)c3)CC2)cc1. The van der Waals surface area contributed by atoms with Crippen LogP contribution in [0.3, 0.4) is 0 Å². The zero-order valence-electron chi connectivity index (χ0n) is 15.8. The lowest BCUT2D eigenvalue weighted by atomic mass is 10.2. The summed E-state index contributed by atoms with van der Waals surface area (Å²) in [5.41, 5.74) is 0.541. The van der Waals surface area contributed by atoms with E-state index in [1.807, 2.05) is 24.3 Å². The largest absolute Gasteiger partial charge is 0.497 e. The van der Waals surface area contributed by atoms with Crippen molar-refractivity contribution in [1.82, 2.24) is 4.90 Å². The summed E-state index contributed by atoms with van der Waals surface area (Å²) in [6.07, 6.45) is -4.46. The van der Waals surface area contributed by atoms with Gasteiger partial charge in [0.25, 0.3) is 0 Å². The zero-order chi connectivity index (χ0) is 21.0. The molecule has 1 aliphatic heterocycles. The van der Waals surface area contributed by atoms with Crippen molar-refractivity contribution in [2.24, 2.45) is 0 Å². The summed E-state index contributed by atoms with van der Waals surface area (Å²) < 4.78 is 44.1. The summed E-state index contributed by atoms with van der Waals surface area (Å²) in [4.78, 5) is 16.3. The lowest BCUT2D eigenvalue weighted by molar-refractivity contribution is -0.138. The number of rotatable bonds is 5. The third-order valence-corrected chi connectivity index (χ3v) is 5.48. The number of hydrogen-bond donors (Lipinski definition) is 1. The number of methoxy groups -OCH3 is 1. The van der Waals surface area contributed by atoms with Gasteiger partial charge in [-0.25, -0.2) is 0 Å². The molecule has 2 aromatic rings. The molecule has 1 N–H and O–H groups in total. The molecule has 0 saturated carbocycles. The molecular formula is C20H21BrF3N3O2. The van der Waals surface area contributed by atoms with Gasteiger partial charge in [-0.2, -0.15) is 13.2 Å². The maximum absolute atomic E-state index is 13.0. The van der Waals surface area contributed by atoms with Gasteiger partial charge in [-0.3, -0.25) is 4.79 Å². The van der Waals surface area contributed by atoms with Crippen molar-refractivity contribution in [3.63, 3.8) is 0 Å². The van der Waals surface area contributed by atoms with Gasteiger partial charge in [0.15, 0.2) is 0 Å². The second kappa shape index (κ2) is 8.94. The van der Waals surface area contributed by atoms with Crippen LogP contribution in [0.2, 0.25) is 0 Å². The molecular weight excluding hydrogens is 451 g/mol. The summed E-state index contributed by atoms with van der Waals surface area (Å²) in [5.74, 6) is 0.645. The van der Waals surface area contributed by atoms with E-state index in [0.29, 0.717) is 26.2 Å². The Balaban J connectivity index is 1.52. The van der Waals surface area contributed by atoms with Gasteiger partial charge < -0.3 is 19.9 Å². The molecule has 156 valence electrons. The van der Waals surface area contributed by atoms with E-state index in [2.05, 4.69) is 26.1 Å². The Morgan fingerprint density at radius 2 is 1.76 bits per heavy atom. The molecule has 1 amide bonds. The highest BCUT2D eigenvalue weighted by Crippen LogP contribution is 2.36. The number of hydrogen-bond acceptors (Lipinski definition) is 4. The first-order valence-corrected chi connectivity index (χ1v) is 9.84. The van der Waals surface area contributed by atoms with E-state index in [-0.39, 0.29) is 22.6 Å². The van der Waals surface area contributed by atoms with E-state index in [9.17, 15) is 18.0 Å². The van der Waals surface area contributed by atoms with Crippen LogP contribution in [-0.2, 0) is 11.0 Å². The number of amides is 1. The molecule has 0 aromatic heterocycles. The van der Waals surface area contributed by atoms with Crippen LogP contribution in [0.25, 0.3) is 0 Å². The van der Waals surface area contributed by atoms with E-state index in [0.717, 1.165) is 17.5 Å². The molecule has 3 rings (SSSR count). The normalized spacial score (nSPS) is 14.7. The third-order valence-electron chi connectivity index (χ3n) is 4.79. The number of ether oxygens (including phenoxy) is 1. The van der Waals surface area contributed by atoms with Crippen LogP contribution in [0.1, 0.15) is 5.56 Å². The first-order chi connectivity index (χ1) is 13.8. The van der Waals surface area contributed by atoms with E-state index < -0.39 is 11.7 Å². The molecule has 0 unspecified atom stereocenters. The number of benzene rings is 2. The smallest absolute Gasteiger partial charge is 0.417 e. The molecule has 1 aliphatic rings. The maximum atomic E-state index is 13.0. The minimum atomic E-state index is -4.46. The highest BCUT2D eigenvalue weighted by atomic mass is 79.9. The standard InChI is InChI=1S/C20H21BrF3N3O2/c1-29-16-5-3-15(4-6-16)26-8-10-27(11-9-26)19(28)13-25-14-2-7-18(21)17(12-14)20(22,23)24/h2-7,12,25H,8-11,13H2,1H3. The number of nitrogens with zero attached hydrogens (tertiary/aromatic N) is 2. The van der Waals surface area contributed by atoms with Gasteiger partial charge in [0, 0.05) is 42.0 Å². The molecule has 2 aromatic carbocycles. The fourth-order valence-corrected chi connectivity index (χ4v) is 3.62. The molecule has 29 heavy (non-hydrogen) atoms. The average Bonchev–Trinajstić information content (AvgIpc) is 2.72. The Hall–Kier alpha value is -2.42. The van der Waals surface area contributed by atoms with Gasteiger partial charge in [-0.05, 0) is 42.5 Å². The monoisotopic (exact) mass is 471 g/mol. The van der Waals surface area contributed by atoms with E-state index in [4.69, 9.17) is 4.74 Å². The molecule has 1 saturated heterocycles. The number of anilines is 2. The fourth-order valence-electron chi connectivity index (χ4n) is 3.15. The lowest BCUT2D eigenvalue weighted by Crippen LogP contribution is -2.50. The third kappa shape index (κ3) is 5.35. The Morgan fingerprint density at radius 3 is 2.34 bits per heavy atom. The van der Waals surface area contributed by atoms with Crippen LogP contribution in [-0.4, -0.2) is 50.6 Å². The Morgan fingerprint density at radius 1 is 1.10 bits per heavy atom. The molecule has 1 heterocycles. The highest BCUT2D eigenvalue weighted by molar-refractivity contribution is 9.10. The van der Waals surface area contributed by atoms with Gasteiger partial charge >= 0.3 is 6.18 Å². The fraction of sp³-hybridized carbons (Fsp3) is 0.350. The van der Waals surface area contributed by atoms with Crippen molar-refractivity contribution >= 4 is 33.2 Å². The Labute approximate surface area is 175 Å². The number of halogens is 4. The highest BCUT2D eigenvalue weighted by Gasteiger charge is 2.33. The van der Waals surface area contributed by atoms with Crippen LogP contribution in [0, 0.1) is 0 Å². The van der Waals surface area contributed by atoms with Crippen molar-refractivity contribution < 1.29 is 22.7 Å². The van der Waals surface area contributed by atoms with Crippen molar-refractivity contribution in [2.75, 3.05) is 50.1 Å². The second-order valence-electron chi connectivity index (χ2n) is 6.61. The summed E-state index contributed by atoms with van der Waals surface area (Å²) in [5, 5.41) is 2.80. The number of carbonyl (C=O) groups is 1. The van der Waals surface area contributed by atoms with Crippen molar-refractivity contribution in [2.45, 2.75) is 6.18 Å². The molecule has 1 fully saturated rings. The number of alkyl halides is 3. The number of carbonyl (C=O) groups excluding carboxylic acids is 1. The average molecular weight is 472 g/mol. The van der Waals surface area contributed by atoms with Crippen LogP contribution >= 0.6 is 15.9 Å². The van der Waals surface area contributed by atoms with Crippen LogP contribution in [0.15, 0.2) is 46.9 Å². The van der Waals surface area contributed by atoms with Crippen LogP contribution in [0.5, 0.6) is 5.75 Å². The quantitative estimate of drug-likeness (QED) is 0.708.